The molecule has 1 spiro atoms. The summed E-state index contributed by atoms with van der Waals surface area (Å²) in [7, 11) is 0. The molecule has 1 atom stereocenters. The molecule has 12 rings (SSSR count). The largest absolute Gasteiger partial charge is 0.457 e. The lowest BCUT2D eigenvalue weighted by Gasteiger charge is -2.45. The van der Waals surface area contributed by atoms with Gasteiger partial charge in [-0.15, -0.1) is 0 Å². The molecule has 0 radical (unpaired) electrons. The topological polar surface area (TPSA) is 12.5 Å². The Hall–Kier alpha value is -7.42. The molecule has 0 aromatic heterocycles. The second-order valence-corrected chi connectivity index (χ2v) is 15.2. The molecule has 1 aliphatic carbocycles. The van der Waals surface area contributed by atoms with Gasteiger partial charge >= 0.3 is 0 Å². The number of nitrogens with zero attached hydrogens (tertiary/aromatic N) is 1. The molecular weight excluding hydrogens is 691 g/mol. The van der Waals surface area contributed by atoms with Crippen LogP contribution in [-0.2, 0) is 5.41 Å². The molecule has 2 nitrogen and oxygen atoms in total. The fraction of sp³-hybridized carbons (Fsp3) is 0.0182. The number of anilines is 3. The smallest absolute Gasteiger partial charge is 0.134 e. The van der Waals surface area contributed by atoms with Crippen LogP contribution in [0.2, 0.25) is 0 Å². The maximum atomic E-state index is 7.05. The number of hydrogen-bond acceptors (Lipinski definition) is 2. The monoisotopic (exact) mass is 725 g/mol. The summed E-state index contributed by atoms with van der Waals surface area (Å²) in [6.07, 6.45) is 0. The average Bonchev–Trinajstić information content (AvgIpc) is 3.28. The van der Waals surface area contributed by atoms with E-state index in [1.807, 2.05) is 0 Å². The summed E-state index contributed by atoms with van der Waals surface area (Å²) in [5.41, 5.74) is 12.5. The van der Waals surface area contributed by atoms with Crippen LogP contribution in [-0.4, -0.2) is 0 Å². The van der Waals surface area contributed by atoms with Gasteiger partial charge in [0.2, 0.25) is 0 Å². The number of para-hydroxylation sites is 1. The van der Waals surface area contributed by atoms with Crippen molar-refractivity contribution in [2.24, 2.45) is 0 Å². The predicted octanol–water partition coefficient (Wildman–Crippen LogP) is 14.8. The van der Waals surface area contributed by atoms with E-state index in [1.54, 1.807) is 0 Å². The Labute approximate surface area is 331 Å². The molecule has 266 valence electrons. The maximum Gasteiger partial charge on any atom is 0.134 e. The Morgan fingerprint density at radius 1 is 0.351 bits per heavy atom. The Morgan fingerprint density at radius 2 is 0.982 bits per heavy atom. The zero-order valence-electron chi connectivity index (χ0n) is 31.1. The van der Waals surface area contributed by atoms with Gasteiger partial charge in [0.15, 0.2) is 0 Å². The van der Waals surface area contributed by atoms with Crippen molar-refractivity contribution in [3.63, 3.8) is 0 Å². The molecule has 0 fully saturated rings. The van der Waals surface area contributed by atoms with E-state index < -0.39 is 5.41 Å². The van der Waals surface area contributed by atoms with Gasteiger partial charge in [0, 0.05) is 34.0 Å². The molecule has 2 heteroatoms. The molecule has 10 aromatic carbocycles. The summed E-state index contributed by atoms with van der Waals surface area (Å²) in [5, 5.41) is 7.32. The van der Waals surface area contributed by atoms with Crippen LogP contribution >= 0.6 is 0 Å². The number of hydrogen-bond donors (Lipinski definition) is 0. The van der Waals surface area contributed by atoms with Gasteiger partial charge in [0.05, 0.1) is 11.1 Å². The van der Waals surface area contributed by atoms with E-state index in [-0.39, 0.29) is 0 Å². The number of fused-ring (bicyclic) bond motifs is 10. The van der Waals surface area contributed by atoms with Crippen molar-refractivity contribution in [2.75, 3.05) is 4.90 Å². The molecule has 0 amide bonds. The third kappa shape index (κ3) is 4.65. The van der Waals surface area contributed by atoms with Crippen LogP contribution in [0, 0.1) is 0 Å². The van der Waals surface area contributed by atoms with E-state index in [0.29, 0.717) is 0 Å². The zero-order chi connectivity index (χ0) is 37.5. The molecule has 2 aliphatic rings. The Balaban J connectivity index is 1.10. The Kier molecular flexibility index (Phi) is 6.88. The summed E-state index contributed by atoms with van der Waals surface area (Å²) in [6, 6.07) is 77.4. The molecule has 0 saturated carbocycles. The minimum absolute atomic E-state index is 0.586. The van der Waals surface area contributed by atoms with Crippen molar-refractivity contribution >= 4 is 49.4 Å². The molecule has 1 aliphatic heterocycles. The molecule has 1 heterocycles. The van der Waals surface area contributed by atoms with Gasteiger partial charge in [0.25, 0.3) is 0 Å². The van der Waals surface area contributed by atoms with Gasteiger partial charge in [-0.3, -0.25) is 0 Å². The van der Waals surface area contributed by atoms with Gasteiger partial charge < -0.3 is 9.64 Å². The molecule has 0 bridgehead atoms. The second kappa shape index (κ2) is 12.3. The number of ether oxygens (including phenoxy) is 1. The Bertz CT molecular complexity index is 3230. The fourth-order valence-electron chi connectivity index (χ4n) is 9.83. The maximum absolute atomic E-state index is 7.05. The minimum atomic E-state index is -0.586. The average molecular weight is 726 g/mol. The third-order valence-electron chi connectivity index (χ3n) is 12.3. The van der Waals surface area contributed by atoms with Crippen LogP contribution < -0.4 is 9.64 Å². The SMILES string of the molecule is c1ccc(-c2ccc3cc(N(c4ccc5c(c4)Oc4ccccc4C54c5ccccc5-c5cccc6cccc4c56)c4cccc5ccccc45)ccc3c2)cc1. The van der Waals surface area contributed by atoms with Crippen molar-refractivity contribution in [3.8, 4) is 33.8 Å². The predicted molar refractivity (Wildman–Crippen MR) is 236 cm³/mol. The summed E-state index contributed by atoms with van der Waals surface area (Å²) < 4.78 is 7.05. The van der Waals surface area contributed by atoms with Crippen LogP contribution in [0.15, 0.2) is 212 Å². The first-order valence-corrected chi connectivity index (χ1v) is 19.7. The summed E-state index contributed by atoms with van der Waals surface area (Å²) in [4.78, 5) is 2.40. The quantitative estimate of drug-likeness (QED) is 0.179. The van der Waals surface area contributed by atoms with E-state index in [0.717, 1.165) is 39.7 Å². The van der Waals surface area contributed by atoms with Crippen LogP contribution in [0.25, 0.3) is 54.6 Å². The summed E-state index contributed by atoms with van der Waals surface area (Å²) >= 11 is 0. The van der Waals surface area contributed by atoms with E-state index in [2.05, 4.69) is 217 Å². The standard InChI is InChI=1S/C55H35NO/c1-2-13-36(14-3-1)39-27-28-41-34-42(30-29-40(41)33-39)56(51-25-12-16-37-15-4-5-19-44(37)51)43-31-32-49-53(35-43)57-52-26-9-8-23-48(52)55(49)47-22-7-6-20-45(47)46-21-10-17-38-18-11-24-50(55)54(38)46/h1-35H. The summed E-state index contributed by atoms with van der Waals surface area (Å²) in [6.45, 7) is 0. The lowest BCUT2D eigenvalue weighted by Crippen LogP contribution is -2.36. The first-order valence-electron chi connectivity index (χ1n) is 19.7. The van der Waals surface area contributed by atoms with Crippen molar-refractivity contribution in [3.05, 3.63) is 235 Å². The molecule has 10 aromatic rings. The summed E-state index contributed by atoms with van der Waals surface area (Å²) in [5.74, 6) is 1.74. The highest BCUT2D eigenvalue weighted by atomic mass is 16.5. The highest BCUT2D eigenvalue weighted by Crippen LogP contribution is 2.61. The van der Waals surface area contributed by atoms with Crippen LogP contribution in [0.4, 0.5) is 17.1 Å². The number of rotatable bonds is 4. The van der Waals surface area contributed by atoms with Crippen molar-refractivity contribution in [1.29, 1.82) is 0 Å². The van der Waals surface area contributed by atoms with E-state index >= 15 is 0 Å². The van der Waals surface area contributed by atoms with Gasteiger partial charge in [-0.1, -0.05) is 170 Å². The minimum Gasteiger partial charge on any atom is -0.457 e. The Morgan fingerprint density at radius 3 is 1.91 bits per heavy atom. The molecule has 0 N–H and O–H groups in total. The van der Waals surface area contributed by atoms with Crippen LogP contribution in [0.5, 0.6) is 11.5 Å². The van der Waals surface area contributed by atoms with E-state index in [9.17, 15) is 0 Å². The first kappa shape index (κ1) is 31.9. The van der Waals surface area contributed by atoms with Crippen molar-refractivity contribution < 1.29 is 4.74 Å². The highest BCUT2D eigenvalue weighted by molar-refractivity contribution is 6.06. The van der Waals surface area contributed by atoms with Crippen LogP contribution in [0.3, 0.4) is 0 Å². The zero-order valence-corrected chi connectivity index (χ0v) is 31.1. The third-order valence-corrected chi connectivity index (χ3v) is 12.3. The molecule has 0 saturated heterocycles. The lowest BCUT2D eigenvalue weighted by atomic mass is 9.58. The van der Waals surface area contributed by atoms with Gasteiger partial charge in [0.1, 0.15) is 11.5 Å². The fourth-order valence-corrected chi connectivity index (χ4v) is 9.83. The first-order chi connectivity index (χ1) is 28.3. The van der Waals surface area contributed by atoms with E-state index in [4.69, 9.17) is 4.74 Å². The van der Waals surface area contributed by atoms with Crippen LogP contribution in [0.1, 0.15) is 22.3 Å². The van der Waals surface area contributed by atoms with E-state index in [1.165, 1.54) is 65.7 Å². The normalized spacial score (nSPS) is 14.9. The van der Waals surface area contributed by atoms with Gasteiger partial charge in [-0.25, -0.2) is 0 Å². The highest BCUT2D eigenvalue weighted by Gasteiger charge is 2.49. The molecule has 57 heavy (non-hydrogen) atoms. The number of benzene rings is 10. The molecular formula is C55H35NO. The van der Waals surface area contributed by atoms with Gasteiger partial charge in [-0.2, -0.15) is 0 Å². The lowest BCUT2D eigenvalue weighted by molar-refractivity contribution is 0.435. The second-order valence-electron chi connectivity index (χ2n) is 15.2. The molecule has 1 unspecified atom stereocenters. The van der Waals surface area contributed by atoms with Gasteiger partial charge in [-0.05, 0) is 96.7 Å². The van der Waals surface area contributed by atoms with Crippen molar-refractivity contribution in [2.45, 2.75) is 5.41 Å². The van der Waals surface area contributed by atoms with Crippen molar-refractivity contribution in [1.82, 2.24) is 0 Å².